The molecule has 110 valence electrons. The average Bonchev–Trinajstić information content (AvgIpc) is 2.85. The lowest BCUT2D eigenvalue weighted by Gasteiger charge is -2.31. The van der Waals surface area contributed by atoms with Gasteiger partial charge in [0.2, 0.25) is 0 Å². The van der Waals surface area contributed by atoms with Crippen LogP contribution in [0.15, 0.2) is 24.5 Å². The molecule has 0 radical (unpaired) electrons. The lowest BCUT2D eigenvalue weighted by atomic mass is 9.93. The molecule has 1 aliphatic rings. The Labute approximate surface area is 132 Å². The minimum absolute atomic E-state index is 0.357. The molecule has 1 aliphatic heterocycles. The number of cyclic esters (lactones) is 1. The Balaban J connectivity index is 2.08. The van der Waals surface area contributed by atoms with E-state index < -0.39 is 5.60 Å². The van der Waals surface area contributed by atoms with Crippen molar-refractivity contribution in [1.82, 2.24) is 9.55 Å². The maximum Gasteiger partial charge on any atom is 0.357 e. The molecule has 1 unspecified atom stereocenters. The molecule has 0 saturated heterocycles. The van der Waals surface area contributed by atoms with E-state index in [0.717, 1.165) is 17.8 Å². The summed E-state index contributed by atoms with van der Waals surface area (Å²) < 4.78 is 7.25. The zero-order valence-corrected chi connectivity index (χ0v) is 13.2. The van der Waals surface area contributed by atoms with Gasteiger partial charge in [0.15, 0.2) is 5.69 Å². The predicted molar refractivity (Wildman–Crippen MR) is 81.4 cm³/mol. The fourth-order valence-electron chi connectivity index (χ4n) is 2.42. The van der Waals surface area contributed by atoms with E-state index in [4.69, 9.17) is 27.9 Å². The number of ether oxygens (including phenoxy) is 1. The van der Waals surface area contributed by atoms with Crippen molar-refractivity contribution in [3.8, 4) is 5.69 Å². The zero-order chi connectivity index (χ0) is 15.2. The molecule has 0 N–H and O–H groups in total. The number of rotatable bonds is 2. The SMILES string of the molecule is CCC1(C)Cc2ncn(-c3ccc(Cl)c(Cl)c3)c2C(=O)O1. The fourth-order valence-corrected chi connectivity index (χ4v) is 2.71. The van der Waals surface area contributed by atoms with Gasteiger partial charge in [0.1, 0.15) is 11.9 Å². The molecule has 0 fully saturated rings. The molecule has 1 aromatic carbocycles. The van der Waals surface area contributed by atoms with Gasteiger partial charge in [0.25, 0.3) is 0 Å². The second kappa shape index (κ2) is 5.04. The molecular weight excluding hydrogens is 311 g/mol. The maximum atomic E-state index is 12.3. The van der Waals surface area contributed by atoms with Crippen LogP contribution in [0.3, 0.4) is 0 Å². The summed E-state index contributed by atoms with van der Waals surface area (Å²) in [6.07, 6.45) is 2.98. The molecule has 3 rings (SSSR count). The Bertz CT molecular complexity index is 726. The molecule has 0 bridgehead atoms. The van der Waals surface area contributed by atoms with Gasteiger partial charge in [0.05, 0.1) is 15.7 Å². The molecular formula is C15H14Cl2N2O2. The van der Waals surface area contributed by atoms with E-state index in [1.165, 1.54) is 0 Å². The molecule has 0 saturated carbocycles. The second-order valence-corrected chi connectivity index (χ2v) is 6.19. The molecule has 1 aromatic heterocycles. The molecule has 0 aliphatic carbocycles. The maximum absolute atomic E-state index is 12.3. The smallest absolute Gasteiger partial charge is 0.357 e. The number of carbonyl (C=O) groups is 1. The van der Waals surface area contributed by atoms with Crippen molar-refractivity contribution in [1.29, 1.82) is 0 Å². The molecule has 21 heavy (non-hydrogen) atoms. The minimum Gasteiger partial charge on any atom is -0.454 e. The topological polar surface area (TPSA) is 44.1 Å². The average molecular weight is 325 g/mol. The van der Waals surface area contributed by atoms with E-state index in [-0.39, 0.29) is 5.97 Å². The number of halogens is 2. The first-order valence-electron chi connectivity index (χ1n) is 6.68. The number of hydrogen-bond donors (Lipinski definition) is 0. The summed E-state index contributed by atoms with van der Waals surface area (Å²) in [6, 6.07) is 5.18. The first-order valence-corrected chi connectivity index (χ1v) is 7.44. The van der Waals surface area contributed by atoms with Crippen molar-refractivity contribution in [2.75, 3.05) is 0 Å². The number of fused-ring (bicyclic) bond motifs is 1. The van der Waals surface area contributed by atoms with E-state index in [0.29, 0.717) is 22.2 Å². The highest BCUT2D eigenvalue weighted by molar-refractivity contribution is 6.42. The molecule has 1 atom stereocenters. The first kappa shape index (κ1) is 14.4. The standard InChI is InChI=1S/C15H14Cl2N2O2/c1-3-15(2)7-12-13(14(20)21-15)19(8-18-12)9-4-5-10(16)11(17)6-9/h4-6,8H,3,7H2,1-2H3. The third-order valence-electron chi connectivity index (χ3n) is 3.85. The monoisotopic (exact) mass is 324 g/mol. The third kappa shape index (κ3) is 2.43. The van der Waals surface area contributed by atoms with Crippen LogP contribution >= 0.6 is 23.2 Å². The van der Waals surface area contributed by atoms with Crippen LogP contribution in [-0.2, 0) is 11.2 Å². The highest BCUT2D eigenvalue weighted by Gasteiger charge is 2.38. The molecule has 6 heteroatoms. The van der Waals surface area contributed by atoms with Crippen molar-refractivity contribution in [2.24, 2.45) is 0 Å². The number of hydrogen-bond acceptors (Lipinski definition) is 3. The molecule has 0 spiro atoms. The number of esters is 1. The van der Waals surface area contributed by atoms with Gasteiger partial charge < -0.3 is 4.74 Å². The zero-order valence-electron chi connectivity index (χ0n) is 11.7. The fraction of sp³-hybridized carbons (Fsp3) is 0.333. The van der Waals surface area contributed by atoms with Gasteiger partial charge in [-0.1, -0.05) is 30.1 Å². The van der Waals surface area contributed by atoms with Crippen LogP contribution in [0.1, 0.15) is 36.5 Å². The summed E-state index contributed by atoms with van der Waals surface area (Å²) in [5, 5.41) is 0.898. The summed E-state index contributed by atoms with van der Waals surface area (Å²) in [4.78, 5) is 16.7. The van der Waals surface area contributed by atoms with Gasteiger partial charge in [-0.15, -0.1) is 0 Å². The van der Waals surface area contributed by atoms with Crippen LogP contribution in [0.4, 0.5) is 0 Å². The van der Waals surface area contributed by atoms with Crippen molar-refractivity contribution >= 4 is 29.2 Å². The molecule has 4 nitrogen and oxygen atoms in total. The summed E-state index contributed by atoms with van der Waals surface area (Å²) in [5.74, 6) is -0.357. The van der Waals surface area contributed by atoms with Crippen LogP contribution in [0.2, 0.25) is 10.0 Å². The Morgan fingerprint density at radius 2 is 2.14 bits per heavy atom. The van der Waals surface area contributed by atoms with Crippen LogP contribution in [0.5, 0.6) is 0 Å². The molecule has 0 amide bonds. The lowest BCUT2D eigenvalue weighted by molar-refractivity contribution is -0.0186. The minimum atomic E-state index is -0.485. The van der Waals surface area contributed by atoms with Crippen molar-refractivity contribution in [2.45, 2.75) is 32.3 Å². The van der Waals surface area contributed by atoms with Crippen LogP contribution in [0, 0.1) is 0 Å². The summed E-state index contributed by atoms with van der Waals surface area (Å²) in [5.41, 5.74) is 1.46. The molecule has 2 aromatic rings. The van der Waals surface area contributed by atoms with Gasteiger partial charge in [-0.25, -0.2) is 9.78 Å². The Kier molecular flexibility index (Phi) is 3.46. The van der Waals surface area contributed by atoms with Gasteiger partial charge in [-0.2, -0.15) is 0 Å². The van der Waals surface area contributed by atoms with E-state index in [9.17, 15) is 4.79 Å². The Hall–Kier alpha value is -1.52. The number of imidazole rings is 1. The first-order chi connectivity index (χ1) is 9.93. The van der Waals surface area contributed by atoms with Gasteiger partial charge >= 0.3 is 5.97 Å². The van der Waals surface area contributed by atoms with Crippen molar-refractivity contribution in [3.05, 3.63) is 46.0 Å². The number of aromatic nitrogens is 2. The highest BCUT2D eigenvalue weighted by atomic mass is 35.5. The van der Waals surface area contributed by atoms with Crippen molar-refractivity contribution in [3.63, 3.8) is 0 Å². The van der Waals surface area contributed by atoms with E-state index in [1.807, 2.05) is 13.8 Å². The third-order valence-corrected chi connectivity index (χ3v) is 4.59. The van der Waals surface area contributed by atoms with Crippen LogP contribution in [0.25, 0.3) is 5.69 Å². The van der Waals surface area contributed by atoms with E-state index in [1.54, 1.807) is 29.1 Å². The van der Waals surface area contributed by atoms with Crippen LogP contribution < -0.4 is 0 Å². The Morgan fingerprint density at radius 3 is 2.81 bits per heavy atom. The highest BCUT2D eigenvalue weighted by Crippen LogP contribution is 2.32. The number of benzene rings is 1. The van der Waals surface area contributed by atoms with Gasteiger partial charge in [-0.05, 0) is 31.5 Å². The van der Waals surface area contributed by atoms with Crippen LogP contribution in [-0.4, -0.2) is 21.1 Å². The summed E-state index contributed by atoms with van der Waals surface area (Å²) in [6.45, 7) is 3.92. The normalized spacial score (nSPS) is 21.0. The van der Waals surface area contributed by atoms with Crippen molar-refractivity contribution < 1.29 is 9.53 Å². The van der Waals surface area contributed by atoms with E-state index >= 15 is 0 Å². The summed E-state index contributed by atoms with van der Waals surface area (Å²) in [7, 11) is 0. The lowest BCUT2D eigenvalue weighted by Crippen LogP contribution is -2.39. The number of carbonyl (C=O) groups excluding carboxylic acids is 1. The summed E-state index contributed by atoms with van der Waals surface area (Å²) >= 11 is 12.0. The van der Waals surface area contributed by atoms with Gasteiger partial charge in [0, 0.05) is 12.1 Å². The number of nitrogens with zero attached hydrogens (tertiary/aromatic N) is 2. The largest absolute Gasteiger partial charge is 0.454 e. The second-order valence-electron chi connectivity index (χ2n) is 5.38. The van der Waals surface area contributed by atoms with E-state index in [2.05, 4.69) is 4.98 Å². The quantitative estimate of drug-likeness (QED) is 0.782. The molecule has 2 heterocycles. The predicted octanol–water partition coefficient (Wildman–Crippen LogP) is 4.06. The Morgan fingerprint density at radius 1 is 1.38 bits per heavy atom. The van der Waals surface area contributed by atoms with Gasteiger partial charge in [-0.3, -0.25) is 4.57 Å².